The van der Waals surface area contributed by atoms with Crippen LogP contribution in [0.3, 0.4) is 0 Å². The maximum Gasteiger partial charge on any atom is 0.255 e. The van der Waals surface area contributed by atoms with Crippen molar-refractivity contribution in [2.45, 2.75) is 19.9 Å². The minimum atomic E-state index is -0.234. The summed E-state index contributed by atoms with van der Waals surface area (Å²) in [5.41, 5.74) is 1.36. The Kier molecular flexibility index (Phi) is 3.24. The van der Waals surface area contributed by atoms with Crippen LogP contribution in [0.2, 0.25) is 0 Å². The number of aryl methyl sites for hydroxylation is 1. The summed E-state index contributed by atoms with van der Waals surface area (Å²) < 4.78 is 1.64. The largest absolute Gasteiger partial charge is 0.394 e. The predicted octanol–water partition coefficient (Wildman–Crippen LogP) is -0.161. The molecular formula is C9H15N3O2. The SMILES string of the molecule is Cc1c(C(=O)N[C@H](C)CO)cnn1C. The lowest BCUT2D eigenvalue weighted by molar-refractivity contribution is 0.0921. The van der Waals surface area contributed by atoms with Gasteiger partial charge in [0.2, 0.25) is 0 Å². The number of aliphatic hydroxyl groups is 1. The monoisotopic (exact) mass is 197 g/mol. The Morgan fingerprint density at radius 3 is 2.86 bits per heavy atom. The van der Waals surface area contributed by atoms with Gasteiger partial charge in [0.25, 0.3) is 5.91 Å². The van der Waals surface area contributed by atoms with Crippen LogP contribution in [0, 0.1) is 6.92 Å². The Bertz CT molecular complexity index is 333. The Labute approximate surface area is 82.7 Å². The molecule has 0 aliphatic rings. The van der Waals surface area contributed by atoms with Crippen LogP contribution in [0.1, 0.15) is 23.0 Å². The molecular weight excluding hydrogens is 182 g/mol. The molecule has 0 bridgehead atoms. The van der Waals surface area contributed by atoms with E-state index in [1.54, 1.807) is 18.7 Å². The van der Waals surface area contributed by atoms with Gasteiger partial charge in [0.15, 0.2) is 0 Å². The molecule has 1 rings (SSSR count). The van der Waals surface area contributed by atoms with Gasteiger partial charge in [-0.1, -0.05) is 0 Å². The highest BCUT2D eigenvalue weighted by Gasteiger charge is 2.14. The van der Waals surface area contributed by atoms with Crippen molar-refractivity contribution in [1.29, 1.82) is 0 Å². The lowest BCUT2D eigenvalue weighted by Gasteiger charge is -2.09. The topological polar surface area (TPSA) is 67.2 Å². The Morgan fingerprint density at radius 2 is 2.43 bits per heavy atom. The lowest BCUT2D eigenvalue weighted by Crippen LogP contribution is -2.35. The molecule has 78 valence electrons. The van der Waals surface area contributed by atoms with Crippen molar-refractivity contribution in [1.82, 2.24) is 15.1 Å². The molecule has 1 aromatic rings. The Morgan fingerprint density at radius 1 is 1.79 bits per heavy atom. The molecule has 0 aliphatic heterocycles. The van der Waals surface area contributed by atoms with Gasteiger partial charge in [-0.3, -0.25) is 9.48 Å². The number of carbonyl (C=O) groups is 1. The second-order valence-corrected chi connectivity index (χ2v) is 3.32. The van der Waals surface area contributed by atoms with Crippen molar-refractivity contribution in [3.63, 3.8) is 0 Å². The molecule has 0 radical (unpaired) electrons. The van der Waals surface area contributed by atoms with Crippen molar-refractivity contribution in [2.24, 2.45) is 7.05 Å². The molecule has 0 unspecified atom stereocenters. The zero-order chi connectivity index (χ0) is 10.7. The molecule has 1 aromatic heterocycles. The van der Waals surface area contributed by atoms with Crippen LogP contribution in [0.25, 0.3) is 0 Å². The first-order valence-electron chi connectivity index (χ1n) is 4.46. The van der Waals surface area contributed by atoms with Gasteiger partial charge < -0.3 is 10.4 Å². The standard InChI is InChI=1S/C9H15N3O2/c1-6(5-13)11-9(14)8-4-10-12(3)7(8)2/h4,6,13H,5H2,1-3H3,(H,11,14)/t6-/m1/s1. The molecule has 14 heavy (non-hydrogen) atoms. The number of hydrogen-bond acceptors (Lipinski definition) is 3. The highest BCUT2D eigenvalue weighted by Crippen LogP contribution is 2.05. The smallest absolute Gasteiger partial charge is 0.255 e. The van der Waals surface area contributed by atoms with E-state index in [1.165, 1.54) is 6.20 Å². The van der Waals surface area contributed by atoms with Gasteiger partial charge in [-0.05, 0) is 13.8 Å². The maximum atomic E-state index is 11.6. The van der Waals surface area contributed by atoms with Gasteiger partial charge in [0.1, 0.15) is 0 Å². The third-order valence-corrected chi connectivity index (χ3v) is 2.13. The van der Waals surface area contributed by atoms with E-state index in [-0.39, 0.29) is 18.6 Å². The summed E-state index contributed by atoms with van der Waals surface area (Å²) in [6.07, 6.45) is 1.52. The number of carbonyl (C=O) groups excluding carboxylic acids is 1. The average Bonchev–Trinajstić information content (AvgIpc) is 2.47. The Hall–Kier alpha value is -1.36. The van der Waals surface area contributed by atoms with Gasteiger partial charge in [0.05, 0.1) is 18.4 Å². The van der Waals surface area contributed by atoms with E-state index in [0.29, 0.717) is 5.56 Å². The number of amides is 1. The Balaban J connectivity index is 2.75. The summed E-state index contributed by atoms with van der Waals surface area (Å²) in [6.45, 7) is 3.50. The zero-order valence-corrected chi connectivity index (χ0v) is 8.61. The molecule has 0 aliphatic carbocycles. The number of aliphatic hydroxyl groups excluding tert-OH is 1. The molecule has 1 amide bonds. The van der Waals surface area contributed by atoms with E-state index < -0.39 is 0 Å². The van der Waals surface area contributed by atoms with Crippen molar-refractivity contribution in [3.8, 4) is 0 Å². The van der Waals surface area contributed by atoms with Crippen LogP contribution in [0.4, 0.5) is 0 Å². The first-order valence-corrected chi connectivity index (χ1v) is 4.46. The third kappa shape index (κ3) is 2.11. The highest BCUT2D eigenvalue weighted by molar-refractivity contribution is 5.95. The minimum absolute atomic E-state index is 0.0644. The summed E-state index contributed by atoms with van der Waals surface area (Å²) in [5.74, 6) is -0.197. The molecule has 0 saturated heterocycles. The molecule has 2 N–H and O–H groups in total. The van der Waals surface area contributed by atoms with Crippen LogP contribution in [0.15, 0.2) is 6.20 Å². The van der Waals surface area contributed by atoms with Crippen molar-refractivity contribution < 1.29 is 9.90 Å². The number of nitrogens with one attached hydrogen (secondary N) is 1. The number of aromatic nitrogens is 2. The molecule has 0 fully saturated rings. The van der Waals surface area contributed by atoms with E-state index in [0.717, 1.165) is 5.69 Å². The average molecular weight is 197 g/mol. The summed E-state index contributed by atoms with van der Waals surface area (Å²) in [6, 6.07) is -0.234. The predicted molar refractivity (Wildman–Crippen MR) is 52.0 cm³/mol. The van der Waals surface area contributed by atoms with Crippen molar-refractivity contribution >= 4 is 5.91 Å². The molecule has 0 spiro atoms. The molecule has 1 atom stereocenters. The first kappa shape index (κ1) is 10.7. The van der Waals surface area contributed by atoms with Crippen LogP contribution in [-0.4, -0.2) is 33.4 Å². The molecule has 0 saturated carbocycles. The van der Waals surface area contributed by atoms with E-state index in [9.17, 15) is 4.79 Å². The highest BCUT2D eigenvalue weighted by atomic mass is 16.3. The fraction of sp³-hybridized carbons (Fsp3) is 0.556. The summed E-state index contributed by atoms with van der Waals surface area (Å²) >= 11 is 0. The summed E-state index contributed by atoms with van der Waals surface area (Å²) in [5, 5.41) is 15.4. The van der Waals surface area contributed by atoms with Crippen molar-refractivity contribution in [3.05, 3.63) is 17.5 Å². The van der Waals surface area contributed by atoms with Gasteiger partial charge >= 0.3 is 0 Å². The van der Waals surface area contributed by atoms with Crippen LogP contribution in [-0.2, 0) is 7.05 Å². The van der Waals surface area contributed by atoms with Crippen LogP contribution < -0.4 is 5.32 Å². The van der Waals surface area contributed by atoms with Gasteiger partial charge in [-0.25, -0.2) is 0 Å². The fourth-order valence-electron chi connectivity index (χ4n) is 1.07. The van der Waals surface area contributed by atoms with Gasteiger partial charge in [-0.2, -0.15) is 5.10 Å². The van der Waals surface area contributed by atoms with Crippen LogP contribution >= 0.6 is 0 Å². The molecule has 1 heterocycles. The van der Waals surface area contributed by atoms with E-state index in [4.69, 9.17) is 5.11 Å². The molecule has 0 aromatic carbocycles. The van der Waals surface area contributed by atoms with Crippen LogP contribution in [0.5, 0.6) is 0 Å². The lowest BCUT2D eigenvalue weighted by atomic mass is 10.2. The second-order valence-electron chi connectivity index (χ2n) is 3.32. The second kappa shape index (κ2) is 4.23. The maximum absolute atomic E-state index is 11.6. The fourth-order valence-corrected chi connectivity index (χ4v) is 1.07. The first-order chi connectivity index (χ1) is 6.56. The van der Waals surface area contributed by atoms with Crippen molar-refractivity contribution in [2.75, 3.05) is 6.61 Å². The van der Waals surface area contributed by atoms with E-state index in [1.807, 2.05) is 6.92 Å². The minimum Gasteiger partial charge on any atom is -0.394 e. The van der Waals surface area contributed by atoms with E-state index >= 15 is 0 Å². The zero-order valence-electron chi connectivity index (χ0n) is 8.61. The van der Waals surface area contributed by atoms with E-state index in [2.05, 4.69) is 10.4 Å². The number of hydrogen-bond donors (Lipinski definition) is 2. The normalized spacial score (nSPS) is 12.6. The molecule has 5 nitrogen and oxygen atoms in total. The number of rotatable bonds is 3. The molecule has 5 heteroatoms. The third-order valence-electron chi connectivity index (χ3n) is 2.13. The number of nitrogens with zero attached hydrogens (tertiary/aromatic N) is 2. The van der Waals surface area contributed by atoms with Gasteiger partial charge in [-0.15, -0.1) is 0 Å². The summed E-state index contributed by atoms with van der Waals surface area (Å²) in [7, 11) is 1.78. The summed E-state index contributed by atoms with van der Waals surface area (Å²) in [4.78, 5) is 11.6. The van der Waals surface area contributed by atoms with Gasteiger partial charge in [0, 0.05) is 18.8 Å². The quantitative estimate of drug-likeness (QED) is 0.707.